The summed E-state index contributed by atoms with van der Waals surface area (Å²) in [5.41, 5.74) is 0.422. The van der Waals surface area contributed by atoms with E-state index in [1.54, 1.807) is 6.42 Å². The Bertz CT molecular complexity index is 315. The van der Waals surface area contributed by atoms with Crippen LogP contribution in [0.15, 0.2) is 0 Å². The van der Waals surface area contributed by atoms with Gasteiger partial charge in [0.05, 0.1) is 0 Å². The number of nitrogens with zero attached hydrogens (tertiary/aromatic N) is 1. The summed E-state index contributed by atoms with van der Waals surface area (Å²) in [6.07, 6.45) is 8.72. The minimum Gasteiger partial charge on any atom is -0.314 e. The first-order valence-corrected chi connectivity index (χ1v) is 9.34. The lowest BCUT2D eigenvalue weighted by Gasteiger charge is -2.37. The van der Waals surface area contributed by atoms with Crippen molar-refractivity contribution in [2.75, 3.05) is 26.7 Å². The van der Waals surface area contributed by atoms with Crippen molar-refractivity contribution < 1.29 is 0 Å². The van der Waals surface area contributed by atoms with Crippen molar-refractivity contribution in [1.29, 1.82) is 0 Å². The Kier molecular flexibility index (Phi) is 6.14. The molecule has 21 heavy (non-hydrogen) atoms. The average Bonchev–Trinajstić information content (AvgIpc) is 2.98. The van der Waals surface area contributed by atoms with Gasteiger partial charge in [0.2, 0.25) is 0 Å². The smallest absolute Gasteiger partial charge is 0.00445 e. The minimum absolute atomic E-state index is 0.422. The quantitative estimate of drug-likeness (QED) is 0.687. The third-order valence-electron chi connectivity index (χ3n) is 5.87. The van der Waals surface area contributed by atoms with Crippen molar-refractivity contribution in [3.63, 3.8) is 0 Å². The van der Waals surface area contributed by atoms with E-state index in [-0.39, 0.29) is 0 Å². The molecule has 2 aliphatic carbocycles. The highest BCUT2D eigenvalue weighted by Gasteiger charge is 2.40. The molecule has 0 spiro atoms. The zero-order valence-corrected chi connectivity index (χ0v) is 15.1. The van der Waals surface area contributed by atoms with E-state index in [4.69, 9.17) is 0 Å². The van der Waals surface area contributed by atoms with Gasteiger partial charge in [-0.15, -0.1) is 0 Å². The molecular formula is C19H38N2. The van der Waals surface area contributed by atoms with Gasteiger partial charge in [-0.1, -0.05) is 40.5 Å². The van der Waals surface area contributed by atoms with Crippen molar-refractivity contribution in [3.8, 4) is 0 Å². The van der Waals surface area contributed by atoms with E-state index < -0.39 is 0 Å². The van der Waals surface area contributed by atoms with Crippen LogP contribution in [-0.4, -0.2) is 37.6 Å². The van der Waals surface area contributed by atoms with Crippen LogP contribution in [0.4, 0.5) is 0 Å². The van der Waals surface area contributed by atoms with Crippen LogP contribution >= 0.6 is 0 Å². The molecule has 0 aromatic carbocycles. The maximum atomic E-state index is 3.67. The second-order valence-corrected chi connectivity index (χ2v) is 8.73. The van der Waals surface area contributed by atoms with Crippen molar-refractivity contribution in [2.24, 2.45) is 23.2 Å². The zero-order chi connectivity index (χ0) is 15.5. The van der Waals surface area contributed by atoms with E-state index in [2.05, 4.69) is 45.0 Å². The van der Waals surface area contributed by atoms with Gasteiger partial charge in [0, 0.05) is 25.7 Å². The Hall–Kier alpha value is -0.0800. The van der Waals surface area contributed by atoms with Gasteiger partial charge in [-0.2, -0.15) is 0 Å². The lowest BCUT2D eigenvalue weighted by Crippen LogP contribution is -2.44. The van der Waals surface area contributed by atoms with Gasteiger partial charge in [0.15, 0.2) is 0 Å². The van der Waals surface area contributed by atoms with Crippen LogP contribution in [0.25, 0.3) is 0 Å². The molecule has 2 rings (SSSR count). The molecule has 4 unspecified atom stereocenters. The molecular weight excluding hydrogens is 256 g/mol. The third kappa shape index (κ3) is 4.96. The summed E-state index contributed by atoms with van der Waals surface area (Å²) in [5.74, 6) is 3.14. The third-order valence-corrected chi connectivity index (χ3v) is 5.87. The molecule has 0 aromatic rings. The first kappa shape index (κ1) is 17.3. The van der Waals surface area contributed by atoms with Gasteiger partial charge in [-0.05, 0) is 55.9 Å². The van der Waals surface area contributed by atoms with E-state index in [9.17, 15) is 0 Å². The first-order chi connectivity index (χ1) is 9.92. The molecule has 2 aliphatic rings. The van der Waals surface area contributed by atoms with Gasteiger partial charge in [-0.3, -0.25) is 0 Å². The summed E-state index contributed by atoms with van der Waals surface area (Å²) < 4.78 is 0. The lowest BCUT2D eigenvalue weighted by atomic mass is 9.83. The second kappa shape index (κ2) is 7.46. The molecule has 2 nitrogen and oxygen atoms in total. The molecule has 0 aliphatic heterocycles. The number of hydrogen-bond donors (Lipinski definition) is 1. The predicted molar refractivity (Wildman–Crippen MR) is 92.6 cm³/mol. The summed E-state index contributed by atoms with van der Waals surface area (Å²) in [5, 5.41) is 3.67. The summed E-state index contributed by atoms with van der Waals surface area (Å²) in [6.45, 7) is 13.0. The number of hydrogen-bond acceptors (Lipinski definition) is 2. The number of fused-ring (bicyclic) bond motifs is 2. The lowest BCUT2D eigenvalue weighted by molar-refractivity contribution is 0.139. The van der Waals surface area contributed by atoms with Crippen LogP contribution in [0, 0.1) is 23.2 Å². The van der Waals surface area contributed by atoms with E-state index in [1.807, 2.05) is 0 Å². The normalized spacial score (nSPS) is 31.3. The van der Waals surface area contributed by atoms with Gasteiger partial charge < -0.3 is 10.2 Å². The SMILES string of the molecule is CCCC(C)(CNC(C)C)CN(C)CC1CC2CCC1C2. The van der Waals surface area contributed by atoms with Crippen LogP contribution in [-0.2, 0) is 0 Å². The van der Waals surface area contributed by atoms with E-state index in [0.717, 1.165) is 24.3 Å². The van der Waals surface area contributed by atoms with Crippen LogP contribution in [0.2, 0.25) is 0 Å². The molecule has 0 heterocycles. The summed E-state index contributed by atoms with van der Waals surface area (Å²) >= 11 is 0. The molecule has 2 saturated carbocycles. The largest absolute Gasteiger partial charge is 0.314 e. The molecule has 4 atom stereocenters. The van der Waals surface area contributed by atoms with Crippen LogP contribution in [0.1, 0.15) is 66.2 Å². The molecule has 0 amide bonds. The van der Waals surface area contributed by atoms with Gasteiger partial charge in [0.1, 0.15) is 0 Å². The minimum atomic E-state index is 0.422. The maximum Gasteiger partial charge on any atom is 0.00445 e. The summed E-state index contributed by atoms with van der Waals surface area (Å²) in [7, 11) is 2.36. The van der Waals surface area contributed by atoms with Crippen LogP contribution in [0.5, 0.6) is 0 Å². The fourth-order valence-corrected chi connectivity index (χ4v) is 4.99. The van der Waals surface area contributed by atoms with Gasteiger partial charge in [0.25, 0.3) is 0 Å². The highest BCUT2D eigenvalue weighted by atomic mass is 15.1. The van der Waals surface area contributed by atoms with E-state index in [0.29, 0.717) is 11.5 Å². The zero-order valence-electron chi connectivity index (χ0n) is 15.1. The highest BCUT2D eigenvalue weighted by molar-refractivity contribution is 4.91. The molecule has 2 bridgehead atoms. The molecule has 1 N–H and O–H groups in total. The summed E-state index contributed by atoms with van der Waals surface area (Å²) in [6, 6.07) is 0.594. The fraction of sp³-hybridized carbons (Fsp3) is 1.00. The molecule has 0 radical (unpaired) electrons. The Morgan fingerprint density at radius 3 is 2.52 bits per heavy atom. The van der Waals surface area contributed by atoms with Gasteiger partial charge >= 0.3 is 0 Å². The fourth-order valence-electron chi connectivity index (χ4n) is 4.99. The van der Waals surface area contributed by atoms with Crippen molar-refractivity contribution in [1.82, 2.24) is 10.2 Å². The second-order valence-electron chi connectivity index (χ2n) is 8.73. The average molecular weight is 295 g/mol. The Balaban J connectivity index is 1.81. The van der Waals surface area contributed by atoms with E-state index in [1.165, 1.54) is 45.2 Å². The van der Waals surface area contributed by atoms with Crippen LogP contribution in [0.3, 0.4) is 0 Å². The van der Waals surface area contributed by atoms with Crippen LogP contribution < -0.4 is 5.32 Å². The Morgan fingerprint density at radius 2 is 2.00 bits per heavy atom. The standard InChI is InChI=1S/C19H38N2/c1-6-9-19(4,13-20-15(2)3)14-21(5)12-18-11-16-7-8-17(18)10-16/h15-18,20H,6-14H2,1-5H3. The molecule has 2 heteroatoms. The molecule has 124 valence electrons. The van der Waals surface area contributed by atoms with Crippen molar-refractivity contribution >= 4 is 0 Å². The predicted octanol–water partition coefficient (Wildman–Crippen LogP) is 4.16. The monoisotopic (exact) mass is 294 g/mol. The molecule has 0 saturated heterocycles. The topological polar surface area (TPSA) is 15.3 Å². The highest BCUT2D eigenvalue weighted by Crippen LogP contribution is 2.48. The Morgan fingerprint density at radius 1 is 1.24 bits per heavy atom. The van der Waals surface area contributed by atoms with E-state index >= 15 is 0 Å². The molecule has 0 aromatic heterocycles. The van der Waals surface area contributed by atoms with Crippen molar-refractivity contribution in [3.05, 3.63) is 0 Å². The maximum absolute atomic E-state index is 3.67. The van der Waals surface area contributed by atoms with Gasteiger partial charge in [-0.25, -0.2) is 0 Å². The first-order valence-electron chi connectivity index (χ1n) is 9.34. The molecule has 2 fully saturated rings. The Labute approximate surface area is 133 Å². The van der Waals surface area contributed by atoms with Crippen molar-refractivity contribution in [2.45, 2.75) is 72.3 Å². The number of nitrogens with one attached hydrogen (secondary N) is 1. The summed E-state index contributed by atoms with van der Waals surface area (Å²) in [4.78, 5) is 2.64. The number of rotatable bonds is 9.